The Kier molecular flexibility index (Phi) is 6.81. The van der Waals surface area contributed by atoms with E-state index in [-0.39, 0.29) is 0 Å². The Labute approximate surface area is 116 Å². The first kappa shape index (κ1) is 15.4. The van der Waals surface area contributed by atoms with Crippen LogP contribution in [-0.4, -0.2) is 20.2 Å². The first-order chi connectivity index (χ1) is 9.26. The van der Waals surface area contributed by atoms with Crippen LogP contribution in [0.5, 0.6) is 5.75 Å². The van der Waals surface area contributed by atoms with E-state index in [1.165, 1.54) is 0 Å². The molecule has 0 heterocycles. The molecular weight excluding hydrogens is 236 g/mol. The molecule has 1 aromatic rings. The maximum Gasteiger partial charge on any atom is 0.121 e. The van der Waals surface area contributed by atoms with E-state index in [9.17, 15) is 5.26 Å². The lowest BCUT2D eigenvalue weighted by molar-refractivity contribution is 0.414. The van der Waals surface area contributed by atoms with E-state index in [0.29, 0.717) is 0 Å². The van der Waals surface area contributed by atoms with Crippen molar-refractivity contribution in [3.63, 3.8) is 0 Å². The summed E-state index contributed by atoms with van der Waals surface area (Å²) in [5.41, 5.74) is 1.73. The molecule has 19 heavy (non-hydrogen) atoms. The van der Waals surface area contributed by atoms with Gasteiger partial charge in [-0.05, 0) is 25.0 Å². The quantitative estimate of drug-likeness (QED) is 0.709. The topological polar surface area (TPSA) is 36.3 Å². The number of nitriles is 1. The van der Waals surface area contributed by atoms with Gasteiger partial charge in [0, 0.05) is 19.2 Å². The van der Waals surface area contributed by atoms with Crippen LogP contribution in [0.4, 0.5) is 5.69 Å². The van der Waals surface area contributed by atoms with Crippen LogP contribution in [0.1, 0.15) is 45.1 Å². The van der Waals surface area contributed by atoms with E-state index in [2.05, 4.69) is 24.8 Å². The number of hydrogen-bond donors (Lipinski definition) is 0. The zero-order chi connectivity index (χ0) is 14.1. The van der Waals surface area contributed by atoms with E-state index in [4.69, 9.17) is 4.74 Å². The molecule has 0 bridgehead atoms. The van der Waals surface area contributed by atoms with Crippen LogP contribution in [0.2, 0.25) is 0 Å². The van der Waals surface area contributed by atoms with Crippen LogP contribution in [0, 0.1) is 11.3 Å². The van der Waals surface area contributed by atoms with E-state index >= 15 is 0 Å². The van der Waals surface area contributed by atoms with Crippen LogP contribution in [0.3, 0.4) is 0 Å². The highest BCUT2D eigenvalue weighted by Crippen LogP contribution is 2.26. The molecule has 1 rings (SSSR count). The molecule has 0 saturated heterocycles. The number of methoxy groups -OCH3 is 1. The zero-order valence-electron chi connectivity index (χ0n) is 12.3. The molecule has 0 spiro atoms. The third kappa shape index (κ3) is 4.48. The molecule has 0 amide bonds. The summed E-state index contributed by atoms with van der Waals surface area (Å²) in [6.07, 6.45) is 4.61. The summed E-state index contributed by atoms with van der Waals surface area (Å²) in [4.78, 5) is 2.31. The molecule has 0 saturated carbocycles. The molecule has 0 atom stereocenters. The summed E-state index contributed by atoms with van der Waals surface area (Å²) < 4.78 is 5.28. The molecule has 0 aromatic heterocycles. The Bertz CT molecular complexity index is 415. The number of unbranched alkanes of at least 4 members (excludes halogenated alkanes) is 2. The molecule has 104 valence electrons. The fourth-order valence-electron chi connectivity index (χ4n) is 2.05. The second-order valence-corrected chi connectivity index (χ2v) is 4.69. The fourth-order valence-corrected chi connectivity index (χ4v) is 2.05. The standard InChI is InChI=1S/C16H24N2O/c1-4-6-10-18(11-7-5-2)16-12-15(19-3)9-8-14(16)13-17/h8-9,12H,4-7,10-11H2,1-3H3. The number of rotatable bonds is 8. The molecule has 0 radical (unpaired) electrons. The highest BCUT2D eigenvalue weighted by molar-refractivity contribution is 5.62. The van der Waals surface area contributed by atoms with Crippen LogP contribution < -0.4 is 9.64 Å². The van der Waals surface area contributed by atoms with Crippen LogP contribution in [0.15, 0.2) is 18.2 Å². The summed E-state index contributed by atoms with van der Waals surface area (Å²) >= 11 is 0. The van der Waals surface area contributed by atoms with Crippen LogP contribution in [0.25, 0.3) is 0 Å². The maximum absolute atomic E-state index is 9.26. The molecule has 3 nitrogen and oxygen atoms in total. The summed E-state index contributed by atoms with van der Waals surface area (Å²) in [7, 11) is 1.66. The highest BCUT2D eigenvalue weighted by atomic mass is 16.5. The smallest absolute Gasteiger partial charge is 0.121 e. The van der Waals surface area contributed by atoms with Crippen LogP contribution >= 0.6 is 0 Å². The van der Waals surface area contributed by atoms with Gasteiger partial charge in [-0.2, -0.15) is 5.26 Å². The summed E-state index contributed by atoms with van der Waals surface area (Å²) in [6, 6.07) is 7.95. The number of ether oxygens (including phenoxy) is 1. The second kappa shape index (κ2) is 8.42. The molecule has 0 fully saturated rings. The molecule has 0 unspecified atom stereocenters. The van der Waals surface area contributed by atoms with Crippen molar-refractivity contribution in [1.29, 1.82) is 5.26 Å². The van der Waals surface area contributed by atoms with Gasteiger partial charge in [0.05, 0.1) is 18.4 Å². The Balaban J connectivity index is 3.00. The third-order valence-corrected chi connectivity index (χ3v) is 3.23. The SMILES string of the molecule is CCCCN(CCCC)c1cc(OC)ccc1C#N. The Morgan fingerprint density at radius 3 is 2.26 bits per heavy atom. The Morgan fingerprint density at radius 1 is 1.16 bits per heavy atom. The van der Waals surface area contributed by atoms with Crippen LogP contribution in [-0.2, 0) is 0 Å². The predicted molar refractivity (Wildman–Crippen MR) is 79.7 cm³/mol. The van der Waals surface area contributed by atoms with E-state index in [0.717, 1.165) is 55.8 Å². The van der Waals surface area contributed by atoms with E-state index in [1.807, 2.05) is 18.2 Å². The predicted octanol–water partition coefficient (Wildman–Crippen LogP) is 3.97. The number of nitrogens with zero attached hydrogens (tertiary/aromatic N) is 2. The van der Waals surface area contributed by atoms with Crippen molar-refractivity contribution in [2.24, 2.45) is 0 Å². The van der Waals surface area contributed by atoms with Gasteiger partial charge in [-0.25, -0.2) is 0 Å². The van der Waals surface area contributed by atoms with Crippen molar-refractivity contribution in [3.05, 3.63) is 23.8 Å². The van der Waals surface area contributed by atoms with Crippen molar-refractivity contribution in [2.45, 2.75) is 39.5 Å². The number of hydrogen-bond acceptors (Lipinski definition) is 3. The summed E-state index contributed by atoms with van der Waals surface area (Å²) in [5, 5.41) is 9.26. The van der Waals surface area contributed by atoms with Crippen molar-refractivity contribution in [1.82, 2.24) is 0 Å². The van der Waals surface area contributed by atoms with Gasteiger partial charge in [0.15, 0.2) is 0 Å². The summed E-state index contributed by atoms with van der Waals surface area (Å²) in [5.74, 6) is 0.812. The number of benzene rings is 1. The van der Waals surface area contributed by atoms with Gasteiger partial charge in [-0.15, -0.1) is 0 Å². The molecule has 0 aliphatic rings. The van der Waals surface area contributed by atoms with Gasteiger partial charge >= 0.3 is 0 Å². The largest absolute Gasteiger partial charge is 0.497 e. The molecule has 1 aromatic carbocycles. The maximum atomic E-state index is 9.26. The lowest BCUT2D eigenvalue weighted by atomic mass is 10.1. The molecule has 0 N–H and O–H groups in total. The van der Waals surface area contributed by atoms with E-state index in [1.54, 1.807) is 7.11 Å². The minimum atomic E-state index is 0.730. The molecule has 3 heteroatoms. The lowest BCUT2D eigenvalue weighted by Crippen LogP contribution is -2.26. The summed E-state index contributed by atoms with van der Waals surface area (Å²) in [6.45, 7) is 6.38. The van der Waals surface area contributed by atoms with Gasteiger partial charge in [-0.1, -0.05) is 26.7 Å². The van der Waals surface area contributed by atoms with Crippen molar-refractivity contribution in [2.75, 3.05) is 25.1 Å². The van der Waals surface area contributed by atoms with Gasteiger partial charge in [0.1, 0.15) is 11.8 Å². The van der Waals surface area contributed by atoms with Gasteiger partial charge < -0.3 is 9.64 Å². The van der Waals surface area contributed by atoms with Gasteiger partial charge in [0.2, 0.25) is 0 Å². The lowest BCUT2D eigenvalue weighted by Gasteiger charge is -2.26. The van der Waals surface area contributed by atoms with Gasteiger partial charge in [-0.3, -0.25) is 0 Å². The van der Waals surface area contributed by atoms with Gasteiger partial charge in [0.25, 0.3) is 0 Å². The monoisotopic (exact) mass is 260 g/mol. The Hall–Kier alpha value is -1.69. The normalized spacial score (nSPS) is 10.0. The average Bonchev–Trinajstić information content (AvgIpc) is 2.47. The first-order valence-corrected chi connectivity index (χ1v) is 7.09. The van der Waals surface area contributed by atoms with Crippen molar-refractivity contribution >= 4 is 5.69 Å². The highest BCUT2D eigenvalue weighted by Gasteiger charge is 2.12. The van der Waals surface area contributed by atoms with Crippen molar-refractivity contribution in [3.8, 4) is 11.8 Å². The zero-order valence-corrected chi connectivity index (χ0v) is 12.3. The van der Waals surface area contributed by atoms with E-state index < -0.39 is 0 Å². The minimum absolute atomic E-state index is 0.730. The first-order valence-electron chi connectivity index (χ1n) is 7.09. The third-order valence-electron chi connectivity index (χ3n) is 3.23. The fraction of sp³-hybridized carbons (Fsp3) is 0.562. The average molecular weight is 260 g/mol. The Morgan fingerprint density at radius 2 is 1.79 bits per heavy atom. The van der Waals surface area contributed by atoms with Crippen molar-refractivity contribution < 1.29 is 4.74 Å². The minimum Gasteiger partial charge on any atom is -0.497 e. The second-order valence-electron chi connectivity index (χ2n) is 4.69. The molecular formula is C16H24N2O. The molecule has 0 aliphatic heterocycles. The number of anilines is 1. The molecule has 0 aliphatic carbocycles.